The first-order chi connectivity index (χ1) is 7.29. The van der Waals surface area contributed by atoms with Gasteiger partial charge in [0.25, 0.3) is 0 Å². The molecule has 0 aliphatic carbocycles. The highest BCUT2D eigenvalue weighted by Gasteiger charge is 1.86. The van der Waals surface area contributed by atoms with Gasteiger partial charge in [-0.25, -0.2) is 0 Å². The normalized spacial score (nSPS) is 9.07. The Kier molecular flexibility index (Phi) is 7.60. The zero-order chi connectivity index (χ0) is 11.5. The molecule has 0 radical (unpaired) electrons. The first-order valence-electron chi connectivity index (χ1n) is 3.90. The molecular weight excluding hydrogens is 216 g/mol. The standard InChI is InChI=1S/C7H10N4OS.CH2O/c8-7(13)10-5-12-11-4-6-2-1-3-9-6;1-2/h1-4,9H,5H2,(H3,8,10,13);1H2/b11-4+;. The first kappa shape index (κ1) is 13.1. The Hall–Kier alpha value is -1.89. The van der Waals surface area contributed by atoms with Gasteiger partial charge in [-0.05, 0) is 24.4 Å². The Morgan fingerprint density at radius 3 is 3.07 bits per heavy atom. The number of thiocarbonyl (C=S) groups is 1. The van der Waals surface area contributed by atoms with Crippen molar-refractivity contribution in [2.75, 3.05) is 6.73 Å². The van der Waals surface area contributed by atoms with Crippen LogP contribution in [0, 0.1) is 0 Å². The number of nitrogens with zero attached hydrogens (tertiary/aromatic N) is 1. The summed E-state index contributed by atoms with van der Waals surface area (Å²) >= 11 is 4.55. The molecule has 0 amide bonds. The van der Waals surface area contributed by atoms with E-state index in [9.17, 15) is 0 Å². The van der Waals surface area contributed by atoms with Gasteiger partial charge in [0.1, 0.15) is 6.79 Å². The molecule has 0 saturated carbocycles. The van der Waals surface area contributed by atoms with Crippen molar-refractivity contribution in [1.82, 2.24) is 10.3 Å². The summed E-state index contributed by atoms with van der Waals surface area (Å²) < 4.78 is 0. The number of hydrogen-bond donors (Lipinski definition) is 3. The fraction of sp³-hybridized carbons (Fsp3) is 0.125. The van der Waals surface area contributed by atoms with Gasteiger partial charge < -0.3 is 25.7 Å². The Morgan fingerprint density at radius 1 is 1.80 bits per heavy atom. The maximum atomic E-state index is 8.00. The zero-order valence-electron chi connectivity index (χ0n) is 7.97. The van der Waals surface area contributed by atoms with Crippen LogP contribution < -0.4 is 11.1 Å². The number of nitrogens with two attached hydrogens (primary N) is 1. The lowest BCUT2D eigenvalue weighted by Crippen LogP contribution is -2.30. The molecule has 1 aromatic heterocycles. The molecule has 0 atom stereocenters. The van der Waals surface area contributed by atoms with E-state index in [1.807, 2.05) is 18.9 Å². The molecule has 0 saturated heterocycles. The van der Waals surface area contributed by atoms with Crippen LogP contribution in [-0.2, 0) is 9.63 Å². The Balaban J connectivity index is 0.000000921. The number of rotatable bonds is 4. The summed E-state index contributed by atoms with van der Waals surface area (Å²) in [6, 6.07) is 3.74. The molecule has 82 valence electrons. The van der Waals surface area contributed by atoms with Crippen molar-refractivity contribution in [2.24, 2.45) is 10.9 Å². The maximum absolute atomic E-state index is 8.00. The molecule has 1 rings (SSSR count). The van der Waals surface area contributed by atoms with Gasteiger partial charge >= 0.3 is 0 Å². The van der Waals surface area contributed by atoms with E-state index in [-0.39, 0.29) is 11.8 Å². The van der Waals surface area contributed by atoms with Crippen LogP contribution >= 0.6 is 12.2 Å². The number of carbonyl (C=O) groups excluding carboxylic acids is 1. The monoisotopic (exact) mass is 228 g/mol. The predicted octanol–water partition coefficient (Wildman–Crippen LogP) is -0.0290. The van der Waals surface area contributed by atoms with Crippen molar-refractivity contribution >= 4 is 30.3 Å². The Bertz CT molecular complexity index is 300. The third-order valence-electron chi connectivity index (χ3n) is 1.20. The fourth-order valence-corrected chi connectivity index (χ4v) is 0.718. The minimum Gasteiger partial charge on any atom is -0.376 e. The summed E-state index contributed by atoms with van der Waals surface area (Å²) in [4.78, 5) is 15.7. The van der Waals surface area contributed by atoms with Crippen molar-refractivity contribution in [3.05, 3.63) is 24.0 Å². The van der Waals surface area contributed by atoms with Crippen LogP contribution in [0.15, 0.2) is 23.5 Å². The Morgan fingerprint density at radius 2 is 2.53 bits per heavy atom. The molecular formula is C8H12N4O2S. The van der Waals surface area contributed by atoms with Gasteiger partial charge in [-0.2, -0.15) is 0 Å². The molecule has 15 heavy (non-hydrogen) atoms. The SMILES string of the molecule is C=O.NC(=S)NCO/N=C/c1ccc[nH]1. The van der Waals surface area contributed by atoms with Gasteiger partial charge in [-0.1, -0.05) is 5.16 Å². The lowest BCUT2D eigenvalue weighted by molar-refractivity contribution is -0.0979. The van der Waals surface area contributed by atoms with E-state index in [0.29, 0.717) is 0 Å². The molecule has 1 heterocycles. The van der Waals surface area contributed by atoms with Crippen LogP contribution in [0.2, 0.25) is 0 Å². The fourth-order valence-electron chi connectivity index (χ4n) is 0.659. The number of carbonyl (C=O) groups is 1. The van der Waals surface area contributed by atoms with E-state index in [2.05, 4.69) is 27.7 Å². The van der Waals surface area contributed by atoms with E-state index >= 15 is 0 Å². The van der Waals surface area contributed by atoms with Crippen LogP contribution in [0.3, 0.4) is 0 Å². The second-order valence-corrected chi connectivity index (χ2v) is 2.61. The molecule has 0 aliphatic heterocycles. The number of H-pyrrole nitrogens is 1. The summed E-state index contributed by atoms with van der Waals surface area (Å²) in [6.45, 7) is 2.17. The van der Waals surface area contributed by atoms with Crippen molar-refractivity contribution in [2.45, 2.75) is 0 Å². The van der Waals surface area contributed by atoms with Gasteiger partial charge in [0.15, 0.2) is 11.8 Å². The second-order valence-electron chi connectivity index (χ2n) is 2.17. The molecule has 1 aromatic rings. The van der Waals surface area contributed by atoms with E-state index in [0.717, 1.165) is 5.69 Å². The minimum absolute atomic E-state index is 0.173. The molecule has 7 heteroatoms. The molecule has 0 aromatic carbocycles. The van der Waals surface area contributed by atoms with Crippen LogP contribution in [0.5, 0.6) is 0 Å². The first-order valence-corrected chi connectivity index (χ1v) is 4.31. The number of oxime groups is 1. The molecule has 0 bridgehead atoms. The number of aromatic nitrogens is 1. The van der Waals surface area contributed by atoms with Crippen LogP contribution in [0.4, 0.5) is 0 Å². The Labute approximate surface area is 92.5 Å². The van der Waals surface area contributed by atoms with Crippen molar-refractivity contribution in [3.8, 4) is 0 Å². The second kappa shape index (κ2) is 8.70. The van der Waals surface area contributed by atoms with E-state index < -0.39 is 0 Å². The average molecular weight is 228 g/mol. The van der Waals surface area contributed by atoms with Gasteiger partial charge in [0, 0.05) is 6.20 Å². The van der Waals surface area contributed by atoms with E-state index in [1.54, 1.807) is 12.4 Å². The van der Waals surface area contributed by atoms with E-state index in [4.69, 9.17) is 15.4 Å². The molecule has 0 fully saturated rings. The van der Waals surface area contributed by atoms with Gasteiger partial charge in [-0.15, -0.1) is 0 Å². The average Bonchev–Trinajstić information content (AvgIpc) is 2.73. The summed E-state index contributed by atoms with van der Waals surface area (Å²) in [6.07, 6.45) is 3.36. The molecule has 0 spiro atoms. The summed E-state index contributed by atoms with van der Waals surface area (Å²) in [7, 11) is 0. The van der Waals surface area contributed by atoms with Crippen LogP contribution in [0.25, 0.3) is 0 Å². The van der Waals surface area contributed by atoms with Crippen molar-refractivity contribution in [3.63, 3.8) is 0 Å². The third-order valence-corrected chi connectivity index (χ3v) is 1.34. The minimum atomic E-state index is 0.173. The third kappa shape index (κ3) is 7.20. The quantitative estimate of drug-likeness (QED) is 0.221. The summed E-state index contributed by atoms with van der Waals surface area (Å²) in [5, 5.41) is 6.43. The number of aromatic amines is 1. The van der Waals surface area contributed by atoms with E-state index in [1.165, 1.54) is 0 Å². The van der Waals surface area contributed by atoms with Gasteiger partial charge in [-0.3, -0.25) is 0 Å². The number of hydrogen-bond acceptors (Lipinski definition) is 4. The van der Waals surface area contributed by atoms with Gasteiger partial charge in [0.05, 0.1) is 11.9 Å². The smallest absolute Gasteiger partial charge is 0.189 e. The zero-order valence-corrected chi connectivity index (χ0v) is 8.79. The largest absolute Gasteiger partial charge is 0.376 e. The predicted molar refractivity (Wildman–Crippen MR) is 61.4 cm³/mol. The van der Waals surface area contributed by atoms with Crippen molar-refractivity contribution in [1.29, 1.82) is 0 Å². The van der Waals surface area contributed by atoms with Crippen LogP contribution in [-0.4, -0.2) is 29.8 Å². The summed E-state index contributed by atoms with van der Waals surface area (Å²) in [5.74, 6) is 0. The van der Waals surface area contributed by atoms with Crippen LogP contribution in [0.1, 0.15) is 5.69 Å². The van der Waals surface area contributed by atoms with Gasteiger partial charge in [0.2, 0.25) is 0 Å². The highest BCUT2D eigenvalue weighted by Crippen LogP contribution is 1.88. The maximum Gasteiger partial charge on any atom is 0.189 e. The molecule has 6 nitrogen and oxygen atoms in total. The highest BCUT2D eigenvalue weighted by molar-refractivity contribution is 7.80. The molecule has 0 unspecified atom stereocenters. The molecule has 0 aliphatic rings. The lowest BCUT2D eigenvalue weighted by atomic mass is 10.5. The number of nitrogens with one attached hydrogen (secondary N) is 2. The topological polar surface area (TPSA) is 92.5 Å². The van der Waals surface area contributed by atoms with Crippen molar-refractivity contribution < 1.29 is 9.63 Å². The molecule has 4 N–H and O–H groups in total. The highest BCUT2D eigenvalue weighted by atomic mass is 32.1. The lowest BCUT2D eigenvalue weighted by Gasteiger charge is -1.99. The summed E-state index contributed by atoms with van der Waals surface area (Å²) in [5.41, 5.74) is 6.02.